The highest BCUT2D eigenvalue weighted by Crippen LogP contribution is 2.36. The summed E-state index contributed by atoms with van der Waals surface area (Å²) in [5.41, 5.74) is -3.06. The highest BCUT2D eigenvalue weighted by Gasteiger charge is 2.42. The second kappa shape index (κ2) is 7.46. The van der Waals surface area contributed by atoms with E-state index in [0.717, 1.165) is 31.5 Å². The molecular weight excluding hydrogens is 390 g/mol. The topological polar surface area (TPSA) is 59.0 Å². The van der Waals surface area contributed by atoms with E-state index in [2.05, 4.69) is 15.7 Å². The average Bonchev–Trinajstić information content (AvgIpc) is 3.23. The Bertz CT molecular complexity index is 835. The fourth-order valence-corrected chi connectivity index (χ4v) is 2.97. The van der Waals surface area contributed by atoms with Crippen LogP contribution in [0.2, 0.25) is 0 Å². The Balaban J connectivity index is 1.79. The zero-order chi connectivity index (χ0) is 20.5. The normalized spacial score (nSPS) is 17.7. The molecule has 0 radical (unpaired) electrons. The molecule has 1 aliphatic rings. The maximum Gasteiger partial charge on any atom is 0.435 e. The summed E-state index contributed by atoms with van der Waals surface area (Å²) >= 11 is 0. The van der Waals surface area contributed by atoms with E-state index in [1.54, 1.807) is 0 Å². The molecule has 1 aliphatic heterocycles. The summed E-state index contributed by atoms with van der Waals surface area (Å²) in [4.78, 5) is 12.0. The van der Waals surface area contributed by atoms with Gasteiger partial charge in [0.1, 0.15) is 5.69 Å². The fourth-order valence-electron chi connectivity index (χ4n) is 2.97. The van der Waals surface area contributed by atoms with Gasteiger partial charge in [0, 0.05) is 24.2 Å². The molecule has 2 aromatic rings. The van der Waals surface area contributed by atoms with Crippen LogP contribution < -0.4 is 10.6 Å². The van der Waals surface area contributed by atoms with Crippen LogP contribution in [0.3, 0.4) is 0 Å². The second-order valence-electron chi connectivity index (χ2n) is 6.41. The number of rotatable bonds is 4. The van der Waals surface area contributed by atoms with Gasteiger partial charge in [0.05, 0.1) is 5.69 Å². The van der Waals surface area contributed by atoms with Gasteiger partial charge in [-0.25, -0.2) is 4.68 Å². The van der Waals surface area contributed by atoms with E-state index in [0.29, 0.717) is 5.69 Å². The Morgan fingerprint density at radius 2 is 1.82 bits per heavy atom. The molecule has 3 rings (SSSR count). The third kappa shape index (κ3) is 4.64. The third-order valence-corrected chi connectivity index (χ3v) is 4.28. The molecule has 5 nitrogen and oxygen atoms in total. The van der Waals surface area contributed by atoms with E-state index in [4.69, 9.17) is 0 Å². The van der Waals surface area contributed by atoms with Crippen LogP contribution in [0.1, 0.15) is 30.7 Å². The van der Waals surface area contributed by atoms with Gasteiger partial charge >= 0.3 is 12.4 Å². The average molecular weight is 406 g/mol. The van der Waals surface area contributed by atoms with Crippen LogP contribution in [-0.4, -0.2) is 28.3 Å². The van der Waals surface area contributed by atoms with Crippen LogP contribution in [0.4, 0.5) is 32.0 Å². The predicted molar refractivity (Wildman–Crippen MR) is 87.8 cm³/mol. The number of carbonyl (C=O) groups excluding carboxylic acids is 1. The van der Waals surface area contributed by atoms with Crippen LogP contribution >= 0.6 is 0 Å². The molecule has 1 saturated heterocycles. The molecule has 0 aliphatic carbocycles. The number of amides is 1. The summed E-state index contributed by atoms with van der Waals surface area (Å²) in [6.07, 6.45) is -7.90. The Hall–Kier alpha value is -2.56. The van der Waals surface area contributed by atoms with Gasteiger partial charge in [0.25, 0.3) is 0 Å². The summed E-state index contributed by atoms with van der Waals surface area (Å²) in [6.45, 7) is 0.845. The molecule has 0 saturated carbocycles. The minimum Gasteiger partial charge on any atom is -0.326 e. The zero-order valence-corrected chi connectivity index (χ0v) is 14.4. The van der Waals surface area contributed by atoms with Crippen molar-refractivity contribution < 1.29 is 31.1 Å². The van der Waals surface area contributed by atoms with Crippen molar-refractivity contribution in [2.24, 2.45) is 0 Å². The van der Waals surface area contributed by atoms with Gasteiger partial charge < -0.3 is 10.6 Å². The van der Waals surface area contributed by atoms with E-state index < -0.39 is 23.7 Å². The van der Waals surface area contributed by atoms with Crippen molar-refractivity contribution in [3.8, 4) is 5.69 Å². The molecule has 0 bridgehead atoms. The highest BCUT2D eigenvalue weighted by atomic mass is 19.4. The molecule has 1 unspecified atom stereocenters. The molecule has 11 heteroatoms. The van der Waals surface area contributed by atoms with Gasteiger partial charge in [0.15, 0.2) is 5.69 Å². The first-order valence-electron chi connectivity index (χ1n) is 8.42. The van der Waals surface area contributed by atoms with Crippen molar-refractivity contribution in [3.05, 3.63) is 41.7 Å². The second-order valence-corrected chi connectivity index (χ2v) is 6.41. The number of halogens is 6. The summed E-state index contributed by atoms with van der Waals surface area (Å²) in [5.74, 6) is -0.262. The molecule has 1 atom stereocenters. The molecule has 2 heterocycles. The predicted octanol–water partition coefficient (Wildman–Crippen LogP) is 3.99. The summed E-state index contributed by atoms with van der Waals surface area (Å²) in [5, 5.41) is 8.83. The molecular formula is C17H16F6N4O. The first-order chi connectivity index (χ1) is 13.0. The molecule has 0 spiro atoms. The van der Waals surface area contributed by atoms with Crippen molar-refractivity contribution in [1.29, 1.82) is 0 Å². The molecule has 152 valence electrons. The summed E-state index contributed by atoms with van der Waals surface area (Å²) < 4.78 is 77.8. The van der Waals surface area contributed by atoms with Gasteiger partial charge in [-0.3, -0.25) is 4.79 Å². The molecule has 1 fully saturated rings. The lowest BCUT2D eigenvalue weighted by Gasteiger charge is -2.12. The molecule has 1 aromatic carbocycles. The Morgan fingerprint density at radius 3 is 2.36 bits per heavy atom. The SMILES string of the molecule is O=C(CC1CCCN1)Nc1ccc(-n2nc(C(F)(F)F)cc2C(F)(F)F)cc1. The number of anilines is 1. The van der Waals surface area contributed by atoms with Crippen molar-refractivity contribution in [1.82, 2.24) is 15.1 Å². The van der Waals surface area contributed by atoms with Gasteiger partial charge in [-0.2, -0.15) is 31.4 Å². The quantitative estimate of drug-likeness (QED) is 0.755. The maximum absolute atomic E-state index is 13.1. The minimum absolute atomic E-state index is 0.0374. The zero-order valence-electron chi connectivity index (χ0n) is 14.4. The standard InChI is InChI=1S/C17H16F6N4O/c18-16(19,20)13-9-14(17(21,22)23)27(26-13)12-5-3-10(4-6-12)25-15(28)8-11-2-1-7-24-11/h3-6,9,11,24H,1-2,7-8H2,(H,25,28). The van der Waals surface area contributed by atoms with E-state index in [1.165, 1.54) is 12.1 Å². The Labute approximate surface area is 155 Å². The minimum atomic E-state index is -5.02. The number of aromatic nitrogens is 2. The van der Waals surface area contributed by atoms with Crippen molar-refractivity contribution in [2.45, 2.75) is 37.7 Å². The van der Waals surface area contributed by atoms with Crippen molar-refractivity contribution >= 4 is 11.6 Å². The van der Waals surface area contributed by atoms with E-state index in [1.807, 2.05) is 0 Å². The van der Waals surface area contributed by atoms with Crippen LogP contribution in [0.5, 0.6) is 0 Å². The largest absolute Gasteiger partial charge is 0.435 e. The van der Waals surface area contributed by atoms with Gasteiger partial charge in [-0.15, -0.1) is 0 Å². The van der Waals surface area contributed by atoms with Crippen molar-refractivity contribution in [3.63, 3.8) is 0 Å². The van der Waals surface area contributed by atoms with Gasteiger partial charge in [-0.1, -0.05) is 0 Å². The van der Waals surface area contributed by atoms with Crippen LogP contribution in [0.15, 0.2) is 30.3 Å². The Kier molecular flexibility index (Phi) is 5.37. The van der Waals surface area contributed by atoms with E-state index >= 15 is 0 Å². The first-order valence-corrected chi connectivity index (χ1v) is 8.42. The first kappa shape index (κ1) is 20.2. The number of hydrogen-bond donors (Lipinski definition) is 2. The monoisotopic (exact) mass is 406 g/mol. The third-order valence-electron chi connectivity index (χ3n) is 4.28. The summed E-state index contributed by atoms with van der Waals surface area (Å²) in [7, 11) is 0. The van der Waals surface area contributed by atoms with Crippen LogP contribution in [0, 0.1) is 0 Å². The number of carbonyl (C=O) groups is 1. The van der Waals surface area contributed by atoms with Crippen molar-refractivity contribution in [2.75, 3.05) is 11.9 Å². The smallest absolute Gasteiger partial charge is 0.326 e. The molecule has 1 amide bonds. The number of benzene rings is 1. The van der Waals surface area contributed by atoms with Crippen LogP contribution in [-0.2, 0) is 17.1 Å². The van der Waals surface area contributed by atoms with Crippen LogP contribution in [0.25, 0.3) is 5.69 Å². The molecule has 2 N–H and O–H groups in total. The van der Waals surface area contributed by atoms with E-state index in [9.17, 15) is 31.1 Å². The number of alkyl halides is 6. The van der Waals surface area contributed by atoms with Gasteiger partial charge in [-0.05, 0) is 43.7 Å². The number of hydrogen-bond acceptors (Lipinski definition) is 3. The molecule has 28 heavy (non-hydrogen) atoms. The fraction of sp³-hybridized carbons (Fsp3) is 0.412. The van der Waals surface area contributed by atoms with Gasteiger partial charge in [0.2, 0.25) is 5.91 Å². The lowest BCUT2D eigenvalue weighted by Crippen LogP contribution is -2.27. The maximum atomic E-state index is 13.1. The molecule has 1 aromatic heterocycles. The lowest BCUT2D eigenvalue weighted by atomic mass is 10.1. The Morgan fingerprint density at radius 1 is 1.14 bits per heavy atom. The number of nitrogens with one attached hydrogen (secondary N) is 2. The van der Waals surface area contributed by atoms with E-state index in [-0.39, 0.29) is 34.8 Å². The highest BCUT2D eigenvalue weighted by molar-refractivity contribution is 5.91. The number of nitrogens with zero attached hydrogens (tertiary/aromatic N) is 2. The summed E-state index contributed by atoms with van der Waals surface area (Å²) in [6, 6.07) is 4.98. The lowest BCUT2D eigenvalue weighted by molar-refractivity contribution is -0.143.